The van der Waals surface area contributed by atoms with E-state index in [1.165, 1.54) is 12.1 Å². The Bertz CT molecular complexity index is 945. The summed E-state index contributed by atoms with van der Waals surface area (Å²) in [6, 6.07) is 9.64. The lowest BCUT2D eigenvalue weighted by molar-refractivity contribution is -0.0496. The molecule has 27 heavy (non-hydrogen) atoms. The molecule has 1 unspecified atom stereocenters. The Labute approximate surface area is 164 Å². The van der Waals surface area contributed by atoms with Crippen molar-refractivity contribution in [2.75, 3.05) is 5.21 Å². The maximum Gasteiger partial charge on any atom is 0.523 e. The van der Waals surface area contributed by atoms with Crippen LogP contribution < -0.4 is 0 Å². The fourth-order valence-electron chi connectivity index (χ4n) is 2.69. The number of benzene rings is 2. The van der Waals surface area contributed by atoms with E-state index in [0.29, 0.717) is 15.4 Å². The average Bonchev–Trinajstić information content (AvgIpc) is 2.61. The molecule has 2 rings (SSSR count). The van der Waals surface area contributed by atoms with Crippen LogP contribution >= 0.6 is 21.9 Å². The highest BCUT2D eigenvalue weighted by molar-refractivity contribution is 8.33. The normalized spacial score (nSPS) is 16.0. The Morgan fingerprint density at radius 1 is 0.963 bits per heavy atom. The standard InChI is InChI=1S/C18H20ClF3O3S2/c1-12-10-17(15(4)14(3)13(12)2)26(11-19,16-8-6-5-7-9-16)25-27(23,24)18(20,21)22/h5-10H,11H2,1-4H3. The molecule has 0 amide bonds. The van der Waals surface area contributed by atoms with Crippen molar-refractivity contribution in [2.24, 2.45) is 0 Å². The van der Waals surface area contributed by atoms with E-state index in [1.807, 2.05) is 20.8 Å². The quantitative estimate of drug-likeness (QED) is 0.415. The van der Waals surface area contributed by atoms with Gasteiger partial charge in [-0.15, -0.1) is 11.6 Å². The van der Waals surface area contributed by atoms with E-state index < -0.39 is 31.1 Å². The maximum atomic E-state index is 13.1. The van der Waals surface area contributed by atoms with Gasteiger partial charge in [-0.25, -0.2) is 3.63 Å². The lowest BCUT2D eigenvalue weighted by atomic mass is 10.00. The highest BCUT2D eigenvalue weighted by atomic mass is 35.5. The molecule has 150 valence electrons. The van der Waals surface area contributed by atoms with E-state index >= 15 is 0 Å². The summed E-state index contributed by atoms with van der Waals surface area (Å²) in [5.41, 5.74) is -2.23. The number of rotatable bonds is 5. The Morgan fingerprint density at radius 2 is 1.52 bits per heavy atom. The number of hydrogen-bond donors (Lipinski definition) is 0. The summed E-state index contributed by atoms with van der Waals surface area (Å²) in [5.74, 6) is 0. The smallest absolute Gasteiger partial charge is 0.203 e. The van der Waals surface area contributed by atoms with Gasteiger partial charge >= 0.3 is 15.6 Å². The molecule has 0 saturated heterocycles. The predicted octanol–water partition coefficient (Wildman–Crippen LogP) is 6.12. The van der Waals surface area contributed by atoms with Gasteiger partial charge < -0.3 is 0 Å². The van der Waals surface area contributed by atoms with E-state index in [2.05, 4.69) is 0 Å². The molecule has 0 aromatic heterocycles. The Morgan fingerprint density at radius 3 is 2.00 bits per heavy atom. The van der Waals surface area contributed by atoms with E-state index in [4.69, 9.17) is 15.2 Å². The SMILES string of the molecule is Cc1cc(S(CCl)(OS(=O)(=O)C(F)(F)F)c2ccccc2)c(C)c(C)c1C. The van der Waals surface area contributed by atoms with Crippen LogP contribution in [0.1, 0.15) is 22.3 Å². The third-order valence-electron chi connectivity index (χ3n) is 4.56. The van der Waals surface area contributed by atoms with Gasteiger partial charge in [-0.1, -0.05) is 18.2 Å². The minimum absolute atomic E-state index is 0.304. The van der Waals surface area contributed by atoms with Crippen LogP contribution in [-0.4, -0.2) is 19.1 Å². The molecule has 2 aromatic rings. The van der Waals surface area contributed by atoms with E-state index in [-0.39, 0.29) is 0 Å². The molecule has 0 saturated carbocycles. The summed E-state index contributed by atoms with van der Waals surface area (Å²) < 4.78 is 68.1. The molecule has 1 atom stereocenters. The van der Waals surface area contributed by atoms with Crippen LogP contribution in [0.2, 0.25) is 0 Å². The second-order valence-corrected chi connectivity index (χ2v) is 11.2. The molecule has 0 aliphatic carbocycles. The number of alkyl halides is 4. The van der Waals surface area contributed by atoms with Gasteiger partial charge in [0.25, 0.3) is 0 Å². The molecule has 0 fully saturated rings. The number of hydrogen-bond acceptors (Lipinski definition) is 3. The van der Waals surface area contributed by atoms with Gasteiger partial charge in [0, 0.05) is 9.79 Å². The molecule has 0 spiro atoms. The first-order chi connectivity index (χ1) is 12.4. The molecule has 0 N–H and O–H groups in total. The second-order valence-electron chi connectivity index (χ2n) is 6.13. The average molecular weight is 441 g/mol. The Kier molecular flexibility index (Phi) is 6.26. The zero-order valence-electron chi connectivity index (χ0n) is 15.2. The fraction of sp³-hybridized carbons (Fsp3) is 0.333. The molecule has 0 radical (unpaired) electrons. The van der Waals surface area contributed by atoms with Crippen molar-refractivity contribution in [3.05, 3.63) is 58.7 Å². The van der Waals surface area contributed by atoms with Gasteiger partial charge in [-0.3, -0.25) is 0 Å². The summed E-state index contributed by atoms with van der Waals surface area (Å²) in [5, 5.41) is -0.435. The number of halogens is 4. The highest BCUT2D eigenvalue weighted by Crippen LogP contribution is 2.67. The van der Waals surface area contributed by atoms with Crippen molar-refractivity contribution in [3.8, 4) is 0 Å². The first-order valence-corrected chi connectivity index (χ1v) is 11.6. The summed E-state index contributed by atoms with van der Waals surface area (Å²) in [6.07, 6.45) is 0. The lowest BCUT2D eigenvalue weighted by Gasteiger charge is -2.39. The minimum Gasteiger partial charge on any atom is -0.203 e. The molecule has 2 aromatic carbocycles. The van der Waals surface area contributed by atoms with Crippen LogP contribution in [0.25, 0.3) is 0 Å². The third-order valence-corrected chi connectivity index (χ3v) is 10.2. The largest absolute Gasteiger partial charge is 0.523 e. The molecule has 9 heteroatoms. The lowest BCUT2D eigenvalue weighted by Crippen LogP contribution is -2.28. The summed E-state index contributed by atoms with van der Waals surface area (Å²) in [4.78, 5) is 0.677. The van der Waals surface area contributed by atoms with Crippen LogP contribution in [0.4, 0.5) is 13.2 Å². The van der Waals surface area contributed by atoms with Gasteiger partial charge in [0.2, 0.25) is 0 Å². The second kappa shape index (κ2) is 7.66. The van der Waals surface area contributed by atoms with Crippen LogP contribution in [0.5, 0.6) is 0 Å². The number of aryl methyl sites for hydroxylation is 1. The Hall–Kier alpha value is -1.22. The fourth-order valence-corrected chi connectivity index (χ4v) is 8.14. The Balaban J connectivity index is 2.88. The van der Waals surface area contributed by atoms with Gasteiger partial charge in [-0.05, 0) is 78.5 Å². The van der Waals surface area contributed by atoms with Crippen molar-refractivity contribution in [1.82, 2.24) is 0 Å². The first-order valence-electron chi connectivity index (χ1n) is 7.89. The minimum atomic E-state index is -5.86. The van der Waals surface area contributed by atoms with Crippen molar-refractivity contribution in [3.63, 3.8) is 0 Å². The van der Waals surface area contributed by atoms with Crippen LogP contribution in [0.3, 0.4) is 0 Å². The summed E-state index contributed by atoms with van der Waals surface area (Å²) in [7, 11) is -9.03. The molecule has 0 aliphatic heterocycles. The van der Waals surface area contributed by atoms with Crippen LogP contribution in [0.15, 0.2) is 46.2 Å². The highest BCUT2D eigenvalue weighted by Gasteiger charge is 2.52. The maximum absolute atomic E-state index is 13.1. The van der Waals surface area contributed by atoms with Gasteiger partial charge in [-0.2, -0.15) is 21.6 Å². The van der Waals surface area contributed by atoms with Gasteiger partial charge in [0.1, 0.15) is 0 Å². The zero-order chi connectivity index (χ0) is 20.6. The zero-order valence-corrected chi connectivity index (χ0v) is 17.6. The summed E-state index contributed by atoms with van der Waals surface area (Å²) in [6.45, 7) is 7.28. The van der Waals surface area contributed by atoms with Crippen molar-refractivity contribution in [1.29, 1.82) is 0 Å². The van der Waals surface area contributed by atoms with E-state index in [1.54, 1.807) is 31.2 Å². The molecule has 0 aliphatic rings. The van der Waals surface area contributed by atoms with E-state index in [0.717, 1.165) is 16.7 Å². The first kappa shape index (κ1) is 22.1. The monoisotopic (exact) mass is 440 g/mol. The predicted molar refractivity (Wildman–Crippen MR) is 103 cm³/mol. The van der Waals surface area contributed by atoms with Crippen LogP contribution in [-0.2, 0) is 13.7 Å². The van der Waals surface area contributed by atoms with Crippen molar-refractivity contribution < 1.29 is 25.2 Å². The van der Waals surface area contributed by atoms with Gasteiger partial charge in [0.15, 0.2) is 0 Å². The van der Waals surface area contributed by atoms with Crippen molar-refractivity contribution in [2.45, 2.75) is 43.0 Å². The summed E-state index contributed by atoms with van der Waals surface area (Å²) >= 11 is 6.15. The van der Waals surface area contributed by atoms with E-state index in [9.17, 15) is 21.6 Å². The molecular formula is C18H20ClF3O3S2. The molecule has 3 nitrogen and oxygen atoms in total. The molecular weight excluding hydrogens is 421 g/mol. The third kappa shape index (κ3) is 3.99. The topological polar surface area (TPSA) is 43.4 Å². The van der Waals surface area contributed by atoms with Crippen LogP contribution in [0, 0.1) is 27.7 Å². The van der Waals surface area contributed by atoms with Gasteiger partial charge in [0.05, 0.1) is 5.21 Å². The van der Waals surface area contributed by atoms with Crippen molar-refractivity contribution >= 4 is 32.0 Å². The molecule has 0 heterocycles. The molecule has 0 bridgehead atoms.